The van der Waals surface area contributed by atoms with Gasteiger partial charge in [-0.15, -0.1) is 11.3 Å². The van der Waals surface area contributed by atoms with E-state index in [4.69, 9.17) is 4.74 Å². The van der Waals surface area contributed by atoms with E-state index in [-0.39, 0.29) is 0 Å². The normalized spacial score (nSPS) is 12.2. The summed E-state index contributed by atoms with van der Waals surface area (Å²) < 4.78 is 42.2. The van der Waals surface area contributed by atoms with Crippen molar-refractivity contribution in [3.8, 4) is 0 Å². The summed E-state index contributed by atoms with van der Waals surface area (Å²) in [5.74, 6) is 0. The molecule has 1 aromatic carbocycles. The topological polar surface area (TPSA) is 22.1 Å². The van der Waals surface area contributed by atoms with E-state index in [9.17, 15) is 13.2 Å². The third kappa shape index (κ3) is 3.91. The molecule has 0 atom stereocenters. The molecule has 0 unspecified atom stereocenters. The van der Waals surface area contributed by atoms with Crippen molar-refractivity contribution >= 4 is 23.5 Å². The first kappa shape index (κ1) is 14.7. The second-order valence-corrected chi connectivity index (χ2v) is 4.95. The van der Waals surface area contributed by atoms with Crippen LogP contribution in [0.1, 0.15) is 21.8 Å². The molecule has 6 heteroatoms. The molecule has 0 spiro atoms. The first-order chi connectivity index (χ1) is 9.49. The van der Waals surface area contributed by atoms with Crippen LogP contribution < -0.4 is 0 Å². The van der Waals surface area contributed by atoms with Gasteiger partial charge >= 0.3 is 6.18 Å². The predicted octanol–water partition coefficient (Wildman–Crippen LogP) is 4.48. The Labute approximate surface area is 118 Å². The molecule has 0 aliphatic carbocycles. The molecule has 0 bridgehead atoms. The highest BCUT2D eigenvalue weighted by atomic mass is 32.1. The summed E-state index contributed by atoms with van der Waals surface area (Å²) in [6.45, 7) is 0.449. The Morgan fingerprint density at radius 3 is 2.50 bits per heavy atom. The molecule has 0 saturated carbocycles. The number of hydrogen-bond acceptors (Lipinski definition) is 3. The van der Waals surface area contributed by atoms with E-state index in [1.54, 1.807) is 19.3 Å². The Morgan fingerprint density at radius 2 is 1.90 bits per heavy atom. The molecule has 0 amide bonds. The summed E-state index contributed by atoms with van der Waals surface area (Å²) >= 11 is 1.46. The summed E-state index contributed by atoms with van der Waals surface area (Å²) in [4.78, 5) is 4.30. The fraction of sp³-hybridized carbons (Fsp3) is 0.214. The van der Waals surface area contributed by atoms with Crippen LogP contribution in [-0.2, 0) is 17.5 Å². The van der Waals surface area contributed by atoms with Gasteiger partial charge in [-0.05, 0) is 23.8 Å². The molecule has 2 rings (SSSR count). The number of ether oxygens (including phenoxy) is 1. The fourth-order valence-electron chi connectivity index (χ4n) is 1.56. The van der Waals surface area contributed by atoms with Crippen molar-refractivity contribution in [2.75, 3.05) is 7.11 Å². The average molecular weight is 299 g/mol. The molecule has 0 radical (unpaired) electrons. The summed E-state index contributed by atoms with van der Waals surface area (Å²) in [5, 5.41) is 2.67. The number of rotatable bonds is 4. The van der Waals surface area contributed by atoms with Crippen LogP contribution in [0, 0.1) is 0 Å². The number of methoxy groups -OCH3 is 1. The Bertz CT molecular complexity index is 587. The Kier molecular flexibility index (Phi) is 4.57. The van der Waals surface area contributed by atoms with Crippen LogP contribution in [0.5, 0.6) is 0 Å². The van der Waals surface area contributed by atoms with Gasteiger partial charge < -0.3 is 4.74 Å². The number of hydrogen-bond donors (Lipinski definition) is 0. The van der Waals surface area contributed by atoms with Gasteiger partial charge in [0.05, 0.1) is 17.9 Å². The van der Waals surface area contributed by atoms with Gasteiger partial charge in [0.15, 0.2) is 0 Å². The van der Waals surface area contributed by atoms with Crippen LogP contribution in [0.25, 0.3) is 12.2 Å². The van der Waals surface area contributed by atoms with Gasteiger partial charge in [-0.25, -0.2) is 4.98 Å². The van der Waals surface area contributed by atoms with Crippen LogP contribution >= 0.6 is 11.3 Å². The van der Waals surface area contributed by atoms with Crippen LogP contribution in [-0.4, -0.2) is 12.1 Å². The van der Waals surface area contributed by atoms with Crippen LogP contribution in [0.3, 0.4) is 0 Å². The molecule has 2 aromatic rings. The van der Waals surface area contributed by atoms with E-state index in [1.807, 2.05) is 5.38 Å². The molecule has 1 aromatic heterocycles. The summed E-state index contributed by atoms with van der Waals surface area (Å²) in [6, 6.07) is 5.00. The second-order valence-electron chi connectivity index (χ2n) is 4.06. The van der Waals surface area contributed by atoms with Crippen LogP contribution in [0.2, 0.25) is 0 Å². The number of aromatic nitrogens is 1. The maximum Gasteiger partial charge on any atom is 0.416 e. The zero-order chi connectivity index (χ0) is 14.6. The lowest BCUT2D eigenvalue weighted by atomic mass is 10.1. The lowest BCUT2D eigenvalue weighted by molar-refractivity contribution is -0.137. The van der Waals surface area contributed by atoms with Crippen LogP contribution in [0.15, 0.2) is 29.6 Å². The van der Waals surface area contributed by atoms with E-state index < -0.39 is 11.7 Å². The smallest absolute Gasteiger partial charge is 0.378 e. The number of thiazole rings is 1. The molecule has 0 aliphatic heterocycles. The van der Waals surface area contributed by atoms with Gasteiger partial charge in [0.2, 0.25) is 0 Å². The highest BCUT2D eigenvalue weighted by molar-refractivity contribution is 7.10. The van der Waals surface area contributed by atoms with Crippen molar-refractivity contribution in [3.63, 3.8) is 0 Å². The molecule has 0 N–H and O–H groups in total. The average Bonchev–Trinajstić information content (AvgIpc) is 2.84. The van der Waals surface area contributed by atoms with Gasteiger partial charge in [-0.1, -0.05) is 18.2 Å². The molecular formula is C14H12F3NOS. The highest BCUT2D eigenvalue weighted by Crippen LogP contribution is 2.29. The molecule has 106 valence electrons. The van der Waals surface area contributed by atoms with E-state index >= 15 is 0 Å². The van der Waals surface area contributed by atoms with Crippen molar-refractivity contribution in [1.82, 2.24) is 4.98 Å². The Balaban J connectivity index is 2.07. The van der Waals surface area contributed by atoms with E-state index in [0.717, 1.165) is 22.8 Å². The van der Waals surface area contributed by atoms with Crippen molar-refractivity contribution in [2.24, 2.45) is 0 Å². The second kappa shape index (κ2) is 6.19. The molecule has 1 heterocycles. The Hall–Kier alpha value is -1.66. The van der Waals surface area contributed by atoms with E-state index in [1.165, 1.54) is 23.5 Å². The number of halogens is 3. The van der Waals surface area contributed by atoms with Gasteiger partial charge in [0.1, 0.15) is 5.01 Å². The van der Waals surface area contributed by atoms with Crippen molar-refractivity contribution in [3.05, 3.63) is 51.5 Å². The molecular weight excluding hydrogens is 287 g/mol. The van der Waals surface area contributed by atoms with E-state index in [0.29, 0.717) is 12.2 Å². The van der Waals surface area contributed by atoms with Crippen molar-refractivity contribution in [2.45, 2.75) is 12.8 Å². The third-order valence-corrected chi connectivity index (χ3v) is 3.38. The van der Waals surface area contributed by atoms with Gasteiger partial charge in [-0.3, -0.25) is 0 Å². The summed E-state index contributed by atoms with van der Waals surface area (Å²) in [7, 11) is 1.59. The minimum atomic E-state index is -4.30. The largest absolute Gasteiger partial charge is 0.416 e. The number of benzene rings is 1. The van der Waals surface area contributed by atoms with E-state index in [2.05, 4.69) is 4.98 Å². The molecule has 0 aliphatic rings. The van der Waals surface area contributed by atoms with Gasteiger partial charge in [-0.2, -0.15) is 13.2 Å². The maximum atomic E-state index is 12.4. The molecule has 20 heavy (non-hydrogen) atoms. The minimum Gasteiger partial charge on any atom is -0.378 e. The van der Waals surface area contributed by atoms with Crippen molar-refractivity contribution in [1.29, 1.82) is 0 Å². The maximum absolute atomic E-state index is 12.4. The zero-order valence-corrected chi connectivity index (χ0v) is 11.5. The summed E-state index contributed by atoms with van der Waals surface area (Å²) in [6.07, 6.45) is -0.797. The molecule has 0 saturated heterocycles. The SMILES string of the molecule is COCc1csc(C=Cc2ccc(C(F)(F)F)cc2)n1. The minimum absolute atomic E-state index is 0.449. The summed E-state index contributed by atoms with van der Waals surface area (Å²) in [5.41, 5.74) is 0.886. The standard InChI is InChI=1S/C14H12F3NOS/c1-19-8-12-9-20-13(18-12)7-4-10-2-5-11(6-3-10)14(15,16)17/h2-7,9H,8H2,1H3. The number of alkyl halides is 3. The lowest BCUT2D eigenvalue weighted by Crippen LogP contribution is -2.03. The van der Waals surface area contributed by atoms with Crippen molar-refractivity contribution < 1.29 is 17.9 Å². The Morgan fingerprint density at radius 1 is 1.20 bits per heavy atom. The fourth-order valence-corrected chi connectivity index (χ4v) is 2.26. The predicted molar refractivity (Wildman–Crippen MR) is 73.2 cm³/mol. The molecule has 2 nitrogen and oxygen atoms in total. The molecule has 0 fully saturated rings. The number of nitrogens with zero attached hydrogens (tertiary/aromatic N) is 1. The quantitative estimate of drug-likeness (QED) is 0.830. The third-order valence-electron chi connectivity index (χ3n) is 2.52. The first-order valence-electron chi connectivity index (χ1n) is 5.78. The first-order valence-corrected chi connectivity index (χ1v) is 6.65. The highest BCUT2D eigenvalue weighted by Gasteiger charge is 2.29. The van der Waals surface area contributed by atoms with Crippen LogP contribution in [0.4, 0.5) is 13.2 Å². The zero-order valence-electron chi connectivity index (χ0n) is 10.6. The lowest BCUT2D eigenvalue weighted by Gasteiger charge is -2.05. The van der Waals surface area contributed by atoms with Gasteiger partial charge in [0, 0.05) is 12.5 Å². The van der Waals surface area contributed by atoms with Gasteiger partial charge in [0.25, 0.3) is 0 Å². The monoisotopic (exact) mass is 299 g/mol.